The van der Waals surface area contributed by atoms with Crippen LogP contribution in [0.4, 0.5) is 0 Å². The van der Waals surface area contributed by atoms with E-state index in [4.69, 9.17) is 9.47 Å². The fraction of sp³-hybridized carbons (Fsp3) is 0.250. The number of hydrogen-bond donors (Lipinski definition) is 0. The van der Waals surface area contributed by atoms with Gasteiger partial charge < -0.3 is 9.47 Å². The second-order valence-corrected chi connectivity index (χ2v) is 6.25. The van der Waals surface area contributed by atoms with Gasteiger partial charge in [-0.1, -0.05) is 21.6 Å². The van der Waals surface area contributed by atoms with Crippen LogP contribution in [0.15, 0.2) is 58.3 Å². The molecule has 0 atom stereocenters. The molecule has 2 aromatic carbocycles. The molecule has 0 radical (unpaired) electrons. The second-order valence-electron chi connectivity index (χ2n) is 3.98. The van der Waals surface area contributed by atoms with E-state index in [9.17, 15) is 0 Å². The van der Waals surface area contributed by atoms with Crippen LogP contribution in [0.25, 0.3) is 0 Å². The van der Waals surface area contributed by atoms with Gasteiger partial charge in [0.15, 0.2) is 0 Å². The van der Waals surface area contributed by atoms with E-state index in [0.717, 1.165) is 11.5 Å². The molecule has 0 unspecified atom stereocenters. The summed E-state index contributed by atoms with van der Waals surface area (Å²) < 4.78 is 10.9. The molecule has 2 rings (SSSR count). The molecule has 0 amide bonds. The topological polar surface area (TPSA) is 18.5 Å². The average molecular weight is 306 g/mol. The van der Waals surface area contributed by atoms with Crippen molar-refractivity contribution in [3.63, 3.8) is 0 Å². The van der Waals surface area contributed by atoms with Crippen molar-refractivity contribution >= 4 is 21.6 Å². The van der Waals surface area contributed by atoms with Gasteiger partial charge in [0.1, 0.15) is 11.5 Å². The molecule has 0 aliphatic heterocycles. The highest BCUT2D eigenvalue weighted by atomic mass is 33.1. The molecule has 2 nitrogen and oxygen atoms in total. The smallest absolute Gasteiger partial charge is 0.119 e. The highest BCUT2D eigenvalue weighted by Gasteiger charge is 1.99. The largest absolute Gasteiger partial charge is 0.494 e. The van der Waals surface area contributed by atoms with Gasteiger partial charge in [0.2, 0.25) is 0 Å². The fourth-order valence-corrected chi connectivity index (χ4v) is 3.54. The molecule has 20 heavy (non-hydrogen) atoms. The summed E-state index contributed by atoms with van der Waals surface area (Å²) in [7, 11) is 3.48. The second kappa shape index (κ2) is 8.12. The van der Waals surface area contributed by atoms with Crippen LogP contribution in [0.1, 0.15) is 13.8 Å². The zero-order chi connectivity index (χ0) is 14.2. The van der Waals surface area contributed by atoms with Crippen LogP contribution in [0, 0.1) is 0 Å². The maximum absolute atomic E-state index is 5.43. The highest BCUT2D eigenvalue weighted by molar-refractivity contribution is 8.76. The van der Waals surface area contributed by atoms with Crippen molar-refractivity contribution in [2.45, 2.75) is 23.6 Å². The molecule has 106 valence electrons. The SMILES string of the molecule is CCOc1ccc(SSc2ccc(OCC)cc2)cc1. The molecule has 0 spiro atoms. The normalized spacial score (nSPS) is 10.3. The van der Waals surface area contributed by atoms with Crippen LogP contribution in [0.5, 0.6) is 11.5 Å². The quantitative estimate of drug-likeness (QED) is 0.647. The van der Waals surface area contributed by atoms with Crippen molar-refractivity contribution in [3.8, 4) is 11.5 Å². The molecule has 0 aliphatic rings. The van der Waals surface area contributed by atoms with Gasteiger partial charge in [-0.25, -0.2) is 0 Å². The molecule has 0 aromatic heterocycles. The molecule has 0 heterocycles. The Labute approximate surface area is 128 Å². The third-order valence-corrected chi connectivity index (χ3v) is 4.92. The lowest BCUT2D eigenvalue weighted by molar-refractivity contribution is 0.340. The summed E-state index contributed by atoms with van der Waals surface area (Å²) >= 11 is 0. The van der Waals surface area contributed by atoms with Crippen molar-refractivity contribution < 1.29 is 9.47 Å². The first-order valence-corrected chi connectivity index (χ1v) is 8.77. The Bertz CT molecular complexity index is 460. The van der Waals surface area contributed by atoms with Gasteiger partial charge in [-0.15, -0.1) is 0 Å². The van der Waals surface area contributed by atoms with Gasteiger partial charge in [0.05, 0.1) is 13.2 Å². The van der Waals surface area contributed by atoms with E-state index in [-0.39, 0.29) is 0 Å². The third kappa shape index (κ3) is 4.69. The monoisotopic (exact) mass is 306 g/mol. The summed E-state index contributed by atoms with van der Waals surface area (Å²) in [6.45, 7) is 5.38. The lowest BCUT2D eigenvalue weighted by atomic mass is 10.3. The summed E-state index contributed by atoms with van der Waals surface area (Å²) in [6, 6.07) is 16.3. The molecule has 4 heteroatoms. The lowest BCUT2D eigenvalue weighted by Gasteiger charge is -2.06. The maximum atomic E-state index is 5.43. The molecule has 0 saturated carbocycles. The zero-order valence-electron chi connectivity index (χ0n) is 11.7. The Balaban J connectivity index is 1.87. The summed E-state index contributed by atoms with van der Waals surface area (Å²) in [5.74, 6) is 1.84. The Morgan fingerprint density at radius 2 is 1.00 bits per heavy atom. The first-order chi connectivity index (χ1) is 9.81. The number of ether oxygens (including phenoxy) is 2. The Hall–Kier alpha value is -1.26. The predicted molar refractivity (Wildman–Crippen MR) is 86.9 cm³/mol. The van der Waals surface area contributed by atoms with Gasteiger partial charge in [0.25, 0.3) is 0 Å². The first-order valence-electron chi connectivity index (χ1n) is 6.62. The molecule has 0 fully saturated rings. The average Bonchev–Trinajstić information content (AvgIpc) is 2.49. The third-order valence-electron chi connectivity index (χ3n) is 2.50. The molecule has 0 saturated heterocycles. The predicted octanol–water partition coefficient (Wildman–Crippen LogP) is 5.28. The minimum Gasteiger partial charge on any atom is -0.494 e. The molecular formula is C16H18O2S2. The van der Waals surface area contributed by atoms with Crippen LogP contribution >= 0.6 is 21.6 Å². The van der Waals surface area contributed by atoms with E-state index < -0.39 is 0 Å². The van der Waals surface area contributed by atoms with E-state index in [1.54, 1.807) is 21.6 Å². The van der Waals surface area contributed by atoms with Gasteiger partial charge in [-0.2, -0.15) is 0 Å². The molecule has 2 aromatic rings. The van der Waals surface area contributed by atoms with Crippen LogP contribution in [0.3, 0.4) is 0 Å². The number of hydrogen-bond acceptors (Lipinski definition) is 4. The molecule has 0 aliphatic carbocycles. The van der Waals surface area contributed by atoms with E-state index in [2.05, 4.69) is 24.3 Å². The molecular weight excluding hydrogens is 288 g/mol. The number of rotatable bonds is 7. The van der Waals surface area contributed by atoms with Gasteiger partial charge >= 0.3 is 0 Å². The van der Waals surface area contributed by atoms with Crippen LogP contribution in [-0.4, -0.2) is 13.2 Å². The summed E-state index contributed by atoms with van der Waals surface area (Å²) in [5, 5.41) is 0. The minimum atomic E-state index is 0.702. The van der Waals surface area contributed by atoms with Crippen LogP contribution in [-0.2, 0) is 0 Å². The lowest BCUT2D eigenvalue weighted by Crippen LogP contribution is -1.90. The van der Waals surface area contributed by atoms with Crippen LogP contribution < -0.4 is 9.47 Å². The van der Waals surface area contributed by atoms with Gasteiger partial charge in [0, 0.05) is 9.79 Å². The highest BCUT2D eigenvalue weighted by Crippen LogP contribution is 2.38. The standard InChI is InChI=1S/C16H18O2S2/c1-3-17-13-5-9-15(10-6-13)19-20-16-11-7-14(8-12-16)18-4-2/h5-12H,3-4H2,1-2H3. The van der Waals surface area contributed by atoms with Gasteiger partial charge in [-0.05, 0) is 62.4 Å². The first kappa shape index (κ1) is 15.1. The molecule has 0 bridgehead atoms. The number of benzene rings is 2. The summed E-state index contributed by atoms with van der Waals surface area (Å²) in [4.78, 5) is 2.43. The van der Waals surface area contributed by atoms with Crippen molar-refractivity contribution in [1.29, 1.82) is 0 Å². The van der Waals surface area contributed by atoms with E-state index in [1.165, 1.54) is 9.79 Å². The fourth-order valence-electron chi connectivity index (χ4n) is 1.61. The minimum absolute atomic E-state index is 0.702. The van der Waals surface area contributed by atoms with E-state index >= 15 is 0 Å². The Morgan fingerprint density at radius 1 is 0.650 bits per heavy atom. The van der Waals surface area contributed by atoms with Gasteiger partial charge in [-0.3, -0.25) is 0 Å². The van der Waals surface area contributed by atoms with Crippen molar-refractivity contribution in [3.05, 3.63) is 48.5 Å². The summed E-state index contributed by atoms with van der Waals surface area (Å²) in [5.41, 5.74) is 0. The molecule has 0 N–H and O–H groups in total. The van der Waals surface area contributed by atoms with E-state index in [0.29, 0.717) is 13.2 Å². The zero-order valence-corrected chi connectivity index (χ0v) is 13.3. The van der Waals surface area contributed by atoms with Crippen molar-refractivity contribution in [2.75, 3.05) is 13.2 Å². The summed E-state index contributed by atoms with van der Waals surface area (Å²) in [6.07, 6.45) is 0. The Kier molecular flexibility index (Phi) is 6.15. The van der Waals surface area contributed by atoms with E-state index in [1.807, 2.05) is 38.1 Å². The van der Waals surface area contributed by atoms with Crippen molar-refractivity contribution in [1.82, 2.24) is 0 Å². The maximum Gasteiger partial charge on any atom is 0.119 e. The van der Waals surface area contributed by atoms with Crippen molar-refractivity contribution in [2.24, 2.45) is 0 Å². The van der Waals surface area contributed by atoms with Crippen LogP contribution in [0.2, 0.25) is 0 Å². The Morgan fingerprint density at radius 3 is 1.30 bits per heavy atom.